The Labute approximate surface area is 104 Å². The van der Waals surface area contributed by atoms with Gasteiger partial charge in [0.15, 0.2) is 0 Å². The third-order valence-corrected chi connectivity index (χ3v) is 2.99. The summed E-state index contributed by atoms with van der Waals surface area (Å²) >= 11 is 0. The van der Waals surface area contributed by atoms with Gasteiger partial charge >= 0.3 is 0 Å². The lowest BCUT2D eigenvalue weighted by Gasteiger charge is -1.98. The van der Waals surface area contributed by atoms with Gasteiger partial charge in [-0.3, -0.25) is 0 Å². The molecule has 0 saturated carbocycles. The summed E-state index contributed by atoms with van der Waals surface area (Å²) < 4.78 is 13.1. The Kier molecular flexibility index (Phi) is 2.59. The van der Waals surface area contributed by atoms with Gasteiger partial charge in [-0.2, -0.15) is 0 Å². The Morgan fingerprint density at radius 1 is 1.11 bits per heavy atom. The highest BCUT2D eigenvalue weighted by Crippen LogP contribution is 2.15. The lowest BCUT2D eigenvalue weighted by atomic mass is 10.1. The van der Waals surface area contributed by atoms with Gasteiger partial charge in [-0.1, -0.05) is 29.8 Å². The molecule has 0 fully saturated rings. The second kappa shape index (κ2) is 4.26. The molecular formula is C15H13FN2. The van der Waals surface area contributed by atoms with Crippen LogP contribution in [0, 0.1) is 12.7 Å². The van der Waals surface area contributed by atoms with Gasteiger partial charge in [0.2, 0.25) is 0 Å². The van der Waals surface area contributed by atoms with Crippen LogP contribution in [0.25, 0.3) is 11.0 Å². The Balaban J connectivity index is 1.92. The molecule has 0 radical (unpaired) electrons. The van der Waals surface area contributed by atoms with Crippen LogP contribution in [-0.4, -0.2) is 9.97 Å². The molecule has 18 heavy (non-hydrogen) atoms. The largest absolute Gasteiger partial charge is 0.342 e. The van der Waals surface area contributed by atoms with E-state index in [0.717, 1.165) is 23.3 Å². The first-order valence-electron chi connectivity index (χ1n) is 5.90. The van der Waals surface area contributed by atoms with E-state index in [9.17, 15) is 4.39 Å². The van der Waals surface area contributed by atoms with Crippen LogP contribution in [-0.2, 0) is 6.42 Å². The fraction of sp³-hybridized carbons (Fsp3) is 0.133. The minimum atomic E-state index is -0.243. The summed E-state index contributed by atoms with van der Waals surface area (Å²) in [4.78, 5) is 7.60. The van der Waals surface area contributed by atoms with Gasteiger partial charge in [0.1, 0.15) is 11.6 Å². The second-order valence-electron chi connectivity index (χ2n) is 4.51. The van der Waals surface area contributed by atoms with Gasteiger partial charge in [-0.05, 0) is 30.7 Å². The number of aromatic amines is 1. The second-order valence-corrected chi connectivity index (χ2v) is 4.51. The van der Waals surface area contributed by atoms with Gasteiger partial charge in [-0.25, -0.2) is 9.37 Å². The van der Waals surface area contributed by atoms with Crippen molar-refractivity contribution in [1.29, 1.82) is 0 Å². The number of H-pyrrole nitrogens is 1. The number of hydrogen-bond acceptors (Lipinski definition) is 1. The smallest absolute Gasteiger partial charge is 0.125 e. The number of aryl methyl sites for hydroxylation is 1. The maximum atomic E-state index is 13.1. The van der Waals surface area contributed by atoms with Gasteiger partial charge in [-0.15, -0.1) is 0 Å². The van der Waals surface area contributed by atoms with Crippen molar-refractivity contribution in [3.63, 3.8) is 0 Å². The maximum Gasteiger partial charge on any atom is 0.125 e. The first-order valence-corrected chi connectivity index (χ1v) is 5.90. The Morgan fingerprint density at radius 3 is 2.67 bits per heavy atom. The Morgan fingerprint density at radius 2 is 1.89 bits per heavy atom. The number of hydrogen-bond donors (Lipinski definition) is 1. The number of halogens is 1. The van der Waals surface area contributed by atoms with Crippen LogP contribution in [0.4, 0.5) is 4.39 Å². The summed E-state index contributed by atoms with van der Waals surface area (Å²) in [6, 6.07) is 12.9. The fourth-order valence-electron chi connectivity index (χ4n) is 2.02. The zero-order chi connectivity index (χ0) is 12.5. The normalized spacial score (nSPS) is 11.0. The van der Waals surface area contributed by atoms with Crippen molar-refractivity contribution in [3.8, 4) is 0 Å². The highest BCUT2D eigenvalue weighted by atomic mass is 19.1. The number of nitrogens with one attached hydrogen (secondary N) is 1. The van der Waals surface area contributed by atoms with Crippen LogP contribution < -0.4 is 0 Å². The van der Waals surface area contributed by atoms with Crippen LogP contribution in [0.2, 0.25) is 0 Å². The molecule has 0 saturated heterocycles. The van der Waals surface area contributed by atoms with Gasteiger partial charge in [0.05, 0.1) is 11.0 Å². The molecule has 2 aromatic carbocycles. The lowest BCUT2D eigenvalue weighted by Crippen LogP contribution is -1.90. The number of benzene rings is 2. The summed E-state index contributed by atoms with van der Waals surface area (Å²) in [6.07, 6.45) is 0.733. The van der Waals surface area contributed by atoms with E-state index in [2.05, 4.69) is 41.2 Å². The molecule has 90 valence electrons. The van der Waals surface area contributed by atoms with E-state index in [-0.39, 0.29) is 5.82 Å². The number of rotatable bonds is 2. The number of fused-ring (bicyclic) bond motifs is 1. The molecule has 0 unspecified atom stereocenters. The van der Waals surface area contributed by atoms with E-state index < -0.39 is 0 Å². The predicted octanol–water partition coefficient (Wildman–Crippen LogP) is 3.60. The van der Waals surface area contributed by atoms with E-state index in [1.165, 1.54) is 23.3 Å². The van der Waals surface area contributed by atoms with Crippen molar-refractivity contribution in [1.82, 2.24) is 9.97 Å². The molecule has 1 heterocycles. The molecule has 0 aliphatic heterocycles. The molecule has 1 aromatic heterocycles. The van der Waals surface area contributed by atoms with Crippen molar-refractivity contribution in [2.75, 3.05) is 0 Å². The van der Waals surface area contributed by atoms with Crippen LogP contribution in [0.1, 0.15) is 17.0 Å². The monoisotopic (exact) mass is 240 g/mol. The molecule has 0 bridgehead atoms. The average Bonchev–Trinajstić information content (AvgIpc) is 2.73. The molecule has 3 aromatic rings. The van der Waals surface area contributed by atoms with E-state index >= 15 is 0 Å². The molecular weight excluding hydrogens is 227 g/mol. The van der Waals surface area contributed by atoms with Crippen molar-refractivity contribution in [2.24, 2.45) is 0 Å². The van der Waals surface area contributed by atoms with Crippen molar-refractivity contribution < 1.29 is 4.39 Å². The summed E-state index contributed by atoms with van der Waals surface area (Å²) in [6.45, 7) is 2.06. The highest BCUT2D eigenvalue weighted by Gasteiger charge is 2.04. The van der Waals surface area contributed by atoms with E-state index in [1.807, 2.05) is 0 Å². The number of imidazole rings is 1. The van der Waals surface area contributed by atoms with Crippen LogP contribution in [0.15, 0.2) is 42.5 Å². The first kappa shape index (κ1) is 11.0. The molecule has 0 aliphatic rings. The molecule has 1 N–H and O–H groups in total. The molecule has 3 heteroatoms. The summed E-state index contributed by atoms with van der Waals surface area (Å²) in [5.41, 5.74) is 3.99. The van der Waals surface area contributed by atoms with E-state index in [1.54, 1.807) is 6.07 Å². The van der Waals surface area contributed by atoms with E-state index in [0.29, 0.717) is 0 Å². The zero-order valence-corrected chi connectivity index (χ0v) is 10.1. The minimum absolute atomic E-state index is 0.243. The maximum absolute atomic E-state index is 13.1. The summed E-state index contributed by atoms with van der Waals surface area (Å²) in [7, 11) is 0. The molecule has 0 aliphatic carbocycles. The minimum Gasteiger partial charge on any atom is -0.342 e. The quantitative estimate of drug-likeness (QED) is 0.728. The summed E-state index contributed by atoms with van der Waals surface area (Å²) in [5.74, 6) is 0.618. The number of nitrogens with zero attached hydrogens (tertiary/aromatic N) is 1. The third-order valence-electron chi connectivity index (χ3n) is 2.99. The van der Waals surface area contributed by atoms with Gasteiger partial charge in [0, 0.05) is 6.42 Å². The van der Waals surface area contributed by atoms with Crippen LogP contribution in [0.5, 0.6) is 0 Å². The van der Waals surface area contributed by atoms with Gasteiger partial charge < -0.3 is 4.98 Å². The first-order chi connectivity index (χ1) is 8.70. The SMILES string of the molecule is Cc1ccc(Cc2nc3ccc(F)cc3[nH]2)cc1. The van der Waals surface area contributed by atoms with Crippen molar-refractivity contribution in [2.45, 2.75) is 13.3 Å². The van der Waals surface area contributed by atoms with Crippen molar-refractivity contribution in [3.05, 3.63) is 65.2 Å². The standard InChI is InChI=1S/C15H13FN2/c1-10-2-4-11(5-3-10)8-15-17-13-7-6-12(16)9-14(13)18-15/h2-7,9H,8H2,1H3,(H,17,18). The fourth-order valence-corrected chi connectivity index (χ4v) is 2.02. The molecule has 2 nitrogen and oxygen atoms in total. The molecule has 0 spiro atoms. The molecule has 0 amide bonds. The lowest BCUT2D eigenvalue weighted by molar-refractivity contribution is 0.629. The van der Waals surface area contributed by atoms with Crippen molar-refractivity contribution >= 4 is 11.0 Å². The number of aromatic nitrogens is 2. The summed E-state index contributed by atoms with van der Waals surface area (Å²) in [5, 5.41) is 0. The zero-order valence-electron chi connectivity index (χ0n) is 10.1. The third kappa shape index (κ3) is 2.12. The van der Waals surface area contributed by atoms with Crippen LogP contribution >= 0.6 is 0 Å². The van der Waals surface area contributed by atoms with E-state index in [4.69, 9.17) is 0 Å². The molecule has 3 rings (SSSR count). The molecule has 0 atom stereocenters. The highest BCUT2D eigenvalue weighted by molar-refractivity contribution is 5.75. The average molecular weight is 240 g/mol. The topological polar surface area (TPSA) is 28.7 Å². The van der Waals surface area contributed by atoms with Gasteiger partial charge in [0.25, 0.3) is 0 Å². The predicted molar refractivity (Wildman–Crippen MR) is 70.0 cm³/mol. The van der Waals surface area contributed by atoms with Crippen LogP contribution in [0.3, 0.4) is 0 Å². The Bertz CT molecular complexity index is 683. The Hall–Kier alpha value is -2.16.